The maximum Gasteiger partial charge on any atom is 0.340 e. The third-order valence-corrected chi connectivity index (χ3v) is 0.944. The molecule has 0 heterocycles. The van der Waals surface area contributed by atoms with Gasteiger partial charge in [-0.3, -0.25) is 0 Å². The van der Waals surface area contributed by atoms with E-state index in [9.17, 15) is 22.0 Å². The summed E-state index contributed by atoms with van der Waals surface area (Å²) in [6.45, 7) is 4.01. The molecular formula is C5H5F5. The SMILES string of the molecule is [CH]C(F)(F)C(F)(F)C(C)F. The first-order valence-corrected chi connectivity index (χ1v) is 2.38. The zero-order valence-corrected chi connectivity index (χ0v) is 5.04. The summed E-state index contributed by atoms with van der Waals surface area (Å²) in [7, 11) is 0. The zero-order chi connectivity index (χ0) is 8.58. The molecule has 0 aromatic heterocycles. The van der Waals surface area contributed by atoms with Crippen LogP contribution in [-0.2, 0) is 0 Å². The van der Waals surface area contributed by atoms with Gasteiger partial charge in [0.25, 0.3) is 0 Å². The fourth-order valence-corrected chi connectivity index (χ4v) is 0.265. The predicted octanol–water partition coefficient (Wildman–Crippen LogP) is 2.33. The minimum atomic E-state index is -4.79. The van der Waals surface area contributed by atoms with Crippen molar-refractivity contribution in [2.45, 2.75) is 24.9 Å². The van der Waals surface area contributed by atoms with Gasteiger partial charge in [0, 0.05) is 6.92 Å². The number of hydrogen-bond acceptors (Lipinski definition) is 0. The summed E-state index contributed by atoms with van der Waals surface area (Å²) in [5, 5.41) is 0. The van der Waals surface area contributed by atoms with Crippen LogP contribution >= 0.6 is 0 Å². The standard InChI is InChI=1S/C5H5F5/c1-3(6)5(9,10)4(2,7)8/h2-3H,1H3. The molecule has 60 valence electrons. The van der Waals surface area contributed by atoms with Gasteiger partial charge in [-0.15, -0.1) is 0 Å². The lowest BCUT2D eigenvalue weighted by Gasteiger charge is -2.23. The molecule has 5 heteroatoms. The van der Waals surface area contributed by atoms with Crippen molar-refractivity contribution in [2.24, 2.45) is 0 Å². The Morgan fingerprint density at radius 3 is 1.50 bits per heavy atom. The van der Waals surface area contributed by atoms with Crippen molar-refractivity contribution in [3.8, 4) is 0 Å². The predicted molar refractivity (Wildman–Crippen MR) is 24.8 cm³/mol. The van der Waals surface area contributed by atoms with Crippen LogP contribution in [0.15, 0.2) is 0 Å². The van der Waals surface area contributed by atoms with E-state index in [1.54, 1.807) is 0 Å². The van der Waals surface area contributed by atoms with Gasteiger partial charge in [-0.2, -0.15) is 17.6 Å². The monoisotopic (exact) mass is 160 g/mol. The molecule has 0 aromatic carbocycles. The molecule has 2 radical (unpaired) electrons. The fourth-order valence-electron chi connectivity index (χ4n) is 0.265. The summed E-state index contributed by atoms with van der Waals surface area (Å²) < 4.78 is 58.3. The molecule has 0 aliphatic heterocycles. The summed E-state index contributed by atoms with van der Waals surface area (Å²) in [6, 6.07) is 0. The highest BCUT2D eigenvalue weighted by Gasteiger charge is 2.57. The molecule has 0 aliphatic carbocycles. The van der Waals surface area contributed by atoms with Crippen LogP contribution in [0.3, 0.4) is 0 Å². The van der Waals surface area contributed by atoms with Crippen LogP contribution in [-0.4, -0.2) is 18.0 Å². The average Bonchev–Trinajstić information content (AvgIpc) is 1.62. The molecule has 0 spiro atoms. The third-order valence-electron chi connectivity index (χ3n) is 0.944. The van der Waals surface area contributed by atoms with E-state index in [1.807, 2.05) is 0 Å². The molecule has 1 unspecified atom stereocenters. The van der Waals surface area contributed by atoms with Gasteiger partial charge in [-0.1, -0.05) is 0 Å². The lowest BCUT2D eigenvalue weighted by Crippen LogP contribution is -2.44. The molecular weight excluding hydrogens is 155 g/mol. The maximum atomic E-state index is 11.8. The molecule has 0 rings (SSSR count). The minimum absolute atomic E-state index is 0.320. The highest BCUT2D eigenvalue weighted by Crippen LogP contribution is 2.37. The number of rotatable bonds is 2. The summed E-state index contributed by atoms with van der Waals surface area (Å²) in [5.74, 6) is -9.58. The minimum Gasteiger partial charge on any atom is -0.241 e. The molecule has 0 N–H and O–H groups in total. The van der Waals surface area contributed by atoms with Crippen molar-refractivity contribution >= 4 is 0 Å². The number of hydrogen-bond donors (Lipinski definition) is 0. The van der Waals surface area contributed by atoms with Crippen molar-refractivity contribution in [1.29, 1.82) is 0 Å². The topological polar surface area (TPSA) is 0 Å². The van der Waals surface area contributed by atoms with Gasteiger partial charge in [0.15, 0.2) is 6.17 Å². The second-order valence-electron chi connectivity index (χ2n) is 1.86. The van der Waals surface area contributed by atoms with Crippen LogP contribution in [0.1, 0.15) is 6.92 Å². The molecule has 0 saturated carbocycles. The average molecular weight is 160 g/mol. The first kappa shape index (κ1) is 9.65. The molecule has 0 aliphatic rings. The molecule has 10 heavy (non-hydrogen) atoms. The van der Waals surface area contributed by atoms with Crippen molar-refractivity contribution in [3.63, 3.8) is 0 Å². The van der Waals surface area contributed by atoms with Crippen molar-refractivity contribution in [1.82, 2.24) is 0 Å². The molecule has 1 atom stereocenters. The Kier molecular flexibility index (Phi) is 2.28. The Balaban J connectivity index is 4.40. The second kappa shape index (κ2) is 2.36. The lowest BCUT2D eigenvalue weighted by molar-refractivity contribution is -0.211. The first-order valence-electron chi connectivity index (χ1n) is 2.38. The van der Waals surface area contributed by atoms with Gasteiger partial charge in [-0.25, -0.2) is 4.39 Å². The molecule has 0 nitrogen and oxygen atoms in total. The maximum absolute atomic E-state index is 11.8. The van der Waals surface area contributed by atoms with Gasteiger partial charge in [0.2, 0.25) is 0 Å². The van der Waals surface area contributed by atoms with Crippen LogP contribution in [0.25, 0.3) is 0 Å². The Labute approximate surface area is 55.0 Å². The third kappa shape index (κ3) is 1.58. The van der Waals surface area contributed by atoms with E-state index in [0.717, 1.165) is 0 Å². The summed E-state index contributed by atoms with van der Waals surface area (Å²) >= 11 is 0. The first-order chi connectivity index (χ1) is 4.19. The molecule has 0 amide bonds. The summed E-state index contributed by atoms with van der Waals surface area (Å²) in [4.78, 5) is 0. The van der Waals surface area contributed by atoms with Crippen LogP contribution in [0.4, 0.5) is 22.0 Å². The van der Waals surface area contributed by atoms with E-state index in [4.69, 9.17) is 0 Å². The number of alkyl halides is 5. The van der Waals surface area contributed by atoms with Crippen molar-refractivity contribution < 1.29 is 22.0 Å². The molecule has 0 bridgehead atoms. The van der Waals surface area contributed by atoms with E-state index < -0.39 is 18.0 Å². The quantitative estimate of drug-likeness (QED) is 0.544. The van der Waals surface area contributed by atoms with Gasteiger partial charge < -0.3 is 0 Å². The molecule has 0 saturated heterocycles. The van der Waals surface area contributed by atoms with Gasteiger partial charge in [0.1, 0.15) is 0 Å². The molecule has 0 fully saturated rings. The highest BCUT2D eigenvalue weighted by atomic mass is 19.3. The molecule has 0 aromatic rings. The number of halogens is 5. The van der Waals surface area contributed by atoms with Crippen LogP contribution in [0.2, 0.25) is 0 Å². The van der Waals surface area contributed by atoms with Gasteiger partial charge in [-0.05, 0) is 6.92 Å². The van der Waals surface area contributed by atoms with Crippen LogP contribution in [0.5, 0.6) is 0 Å². The second-order valence-corrected chi connectivity index (χ2v) is 1.86. The smallest absolute Gasteiger partial charge is 0.241 e. The zero-order valence-electron chi connectivity index (χ0n) is 5.04. The Bertz CT molecular complexity index is 112. The fraction of sp³-hybridized carbons (Fsp3) is 0.800. The van der Waals surface area contributed by atoms with E-state index >= 15 is 0 Å². The lowest BCUT2D eigenvalue weighted by atomic mass is 10.1. The van der Waals surface area contributed by atoms with Gasteiger partial charge in [0.05, 0.1) is 0 Å². The highest BCUT2D eigenvalue weighted by molar-refractivity contribution is 4.90. The Morgan fingerprint density at radius 2 is 1.50 bits per heavy atom. The Morgan fingerprint density at radius 1 is 1.20 bits per heavy atom. The van der Waals surface area contributed by atoms with E-state index in [0.29, 0.717) is 6.92 Å². The normalized spacial score (nSPS) is 17.1. The van der Waals surface area contributed by atoms with E-state index in [-0.39, 0.29) is 0 Å². The van der Waals surface area contributed by atoms with Crippen molar-refractivity contribution in [2.75, 3.05) is 0 Å². The van der Waals surface area contributed by atoms with Crippen molar-refractivity contribution in [3.05, 3.63) is 6.92 Å². The van der Waals surface area contributed by atoms with Crippen LogP contribution in [0, 0.1) is 6.92 Å². The van der Waals surface area contributed by atoms with E-state index in [1.165, 1.54) is 0 Å². The summed E-state index contributed by atoms with van der Waals surface area (Å²) in [5.41, 5.74) is 0. The van der Waals surface area contributed by atoms with E-state index in [2.05, 4.69) is 6.92 Å². The largest absolute Gasteiger partial charge is 0.340 e. The van der Waals surface area contributed by atoms with Crippen LogP contribution < -0.4 is 0 Å². The summed E-state index contributed by atoms with van der Waals surface area (Å²) in [6.07, 6.45) is -2.95. The Hall–Kier alpha value is -0.350. The van der Waals surface area contributed by atoms with Gasteiger partial charge >= 0.3 is 11.8 Å².